The third kappa shape index (κ3) is 2.27. The number of carboxylic acids is 1. The topological polar surface area (TPSA) is 57.6 Å². The van der Waals surface area contributed by atoms with E-state index in [1.165, 1.54) is 6.07 Å². The zero-order valence-electron chi connectivity index (χ0n) is 10.4. The molecular formula is C14H15NO3. The second-order valence-electron chi connectivity index (χ2n) is 4.61. The minimum absolute atomic E-state index is 0.0446. The van der Waals surface area contributed by atoms with Crippen molar-refractivity contribution in [3.63, 3.8) is 0 Å². The van der Waals surface area contributed by atoms with Gasteiger partial charge in [-0.3, -0.25) is 4.79 Å². The molecule has 1 aliphatic rings. The SMILES string of the molecule is CC(C)=CC(=O)N1CCc2cc(C(=O)O)ccc21. The van der Waals surface area contributed by atoms with Crippen molar-refractivity contribution in [2.45, 2.75) is 20.3 Å². The van der Waals surface area contributed by atoms with E-state index in [1.54, 1.807) is 23.1 Å². The van der Waals surface area contributed by atoms with Crippen LogP contribution in [0.3, 0.4) is 0 Å². The van der Waals surface area contributed by atoms with Gasteiger partial charge in [0.05, 0.1) is 5.56 Å². The number of carbonyl (C=O) groups excluding carboxylic acids is 1. The Morgan fingerprint density at radius 2 is 2.06 bits per heavy atom. The molecule has 2 rings (SSSR count). The van der Waals surface area contributed by atoms with Gasteiger partial charge in [0, 0.05) is 18.3 Å². The fourth-order valence-corrected chi connectivity index (χ4v) is 2.09. The van der Waals surface area contributed by atoms with Crippen molar-refractivity contribution < 1.29 is 14.7 Å². The third-order valence-electron chi connectivity index (χ3n) is 2.90. The number of anilines is 1. The molecule has 0 fully saturated rings. The number of rotatable bonds is 2. The van der Waals surface area contributed by atoms with Crippen molar-refractivity contribution in [3.05, 3.63) is 41.0 Å². The zero-order chi connectivity index (χ0) is 13.3. The molecule has 4 nitrogen and oxygen atoms in total. The molecule has 0 aliphatic carbocycles. The van der Waals surface area contributed by atoms with Gasteiger partial charge in [-0.05, 0) is 44.0 Å². The standard InChI is InChI=1S/C14H15NO3/c1-9(2)7-13(16)15-6-5-10-8-11(14(17)18)3-4-12(10)15/h3-4,7-8H,5-6H2,1-2H3,(H,17,18). The second-order valence-corrected chi connectivity index (χ2v) is 4.61. The average molecular weight is 245 g/mol. The van der Waals surface area contributed by atoms with Crippen molar-refractivity contribution in [2.75, 3.05) is 11.4 Å². The van der Waals surface area contributed by atoms with Gasteiger partial charge in [0.15, 0.2) is 0 Å². The van der Waals surface area contributed by atoms with Crippen LogP contribution in [0.4, 0.5) is 5.69 Å². The number of hydrogen-bond acceptors (Lipinski definition) is 2. The minimum atomic E-state index is -0.938. The van der Waals surface area contributed by atoms with Crippen LogP contribution in [0.15, 0.2) is 29.8 Å². The summed E-state index contributed by atoms with van der Waals surface area (Å²) in [5.74, 6) is -0.983. The van der Waals surface area contributed by atoms with E-state index in [1.807, 2.05) is 13.8 Å². The van der Waals surface area contributed by atoms with Crippen LogP contribution in [0.5, 0.6) is 0 Å². The molecule has 0 atom stereocenters. The lowest BCUT2D eigenvalue weighted by Crippen LogP contribution is -2.27. The first-order chi connectivity index (χ1) is 8.49. The molecule has 18 heavy (non-hydrogen) atoms. The average Bonchev–Trinajstić information content (AvgIpc) is 2.70. The maximum atomic E-state index is 12.0. The Kier molecular flexibility index (Phi) is 3.19. The number of fused-ring (bicyclic) bond motifs is 1. The van der Waals surface area contributed by atoms with Gasteiger partial charge >= 0.3 is 5.97 Å². The normalized spacial score (nSPS) is 13.1. The molecule has 1 N–H and O–H groups in total. The Hall–Kier alpha value is -2.10. The van der Waals surface area contributed by atoms with Gasteiger partial charge in [-0.15, -0.1) is 0 Å². The van der Waals surface area contributed by atoms with Crippen LogP contribution in [0.1, 0.15) is 29.8 Å². The molecule has 0 saturated heterocycles. The lowest BCUT2D eigenvalue weighted by atomic mass is 10.1. The highest BCUT2D eigenvalue weighted by Gasteiger charge is 2.24. The lowest BCUT2D eigenvalue weighted by Gasteiger charge is -2.15. The molecule has 0 saturated carbocycles. The first-order valence-corrected chi connectivity index (χ1v) is 5.81. The predicted octanol–water partition coefficient (Wildman–Crippen LogP) is 2.24. The summed E-state index contributed by atoms with van der Waals surface area (Å²) in [4.78, 5) is 24.5. The van der Waals surface area contributed by atoms with E-state index in [0.717, 1.165) is 16.8 Å². The molecule has 0 spiro atoms. The van der Waals surface area contributed by atoms with E-state index in [0.29, 0.717) is 13.0 Å². The van der Waals surface area contributed by atoms with Crippen LogP contribution >= 0.6 is 0 Å². The van der Waals surface area contributed by atoms with Crippen molar-refractivity contribution in [2.24, 2.45) is 0 Å². The second kappa shape index (κ2) is 4.64. The van der Waals surface area contributed by atoms with E-state index in [2.05, 4.69) is 0 Å². The molecule has 0 aromatic heterocycles. The molecule has 1 amide bonds. The number of carbonyl (C=O) groups is 2. The van der Waals surface area contributed by atoms with Crippen LogP contribution in [-0.4, -0.2) is 23.5 Å². The van der Waals surface area contributed by atoms with Gasteiger partial charge in [-0.2, -0.15) is 0 Å². The molecule has 4 heteroatoms. The summed E-state index contributed by atoms with van der Waals surface area (Å²) < 4.78 is 0. The molecule has 0 unspecified atom stereocenters. The summed E-state index contributed by atoms with van der Waals surface area (Å²) in [5, 5.41) is 8.92. The first-order valence-electron chi connectivity index (χ1n) is 5.81. The smallest absolute Gasteiger partial charge is 0.335 e. The van der Waals surface area contributed by atoms with Crippen LogP contribution in [-0.2, 0) is 11.2 Å². The van der Waals surface area contributed by atoms with Crippen LogP contribution in [0.2, 0.25) is 0 Å². The van der Waals surface area contributed by atoms with E-state index < -0.39 is 5.97 Å². The quantitative estimate of drug-likeness (QED) is 0.813. The van der Waals surface area contributed by atoms with Crippen LogP contribution < -0.4 is 4.90 Å². The Balaban J connectivity index is 2.32. The summed E-state index contributed by atoms with van der Waals surface area (Å²) in [5.41, 5.74) is 2.97. The van der Waals surface area contributed by atoms with Crippen LogP contribution in [0, 0.1) is 0 Å². The monoisotopic (exact) mass is 245 g/mol. The molecule has 94 valence electrons. The Morgan fingerprint density at radius 1 is 1.33 bits per heavy atom. The maximum Gasteiger partial charge on any atom is 0.335 e. The summed E-state index contributed by atoms with van der Waals surface area (Å²) in [6.45, 7) is 4.37. The number of aromatic carboxylic acids is 1. The molecular weight excluding hydrogens is 230 g/mol. The number of hydrogen-bond donors (Lipinski definition) is 1. The number of amides is 1. The number of allylic oxidation sites excluding steroid dienone is 1. The fourth-order valence-electron chi connectivity index (χ4n) is 2.09. The van der Waals surface area contributed by atoms with Gasteiger partial charge in [-0.25, -0.2) is 4.79 Å². The fraction of sp³-hybridized carbons (Fsp3) is 0.286. The Bertz CT molecular complexity index is 542. The Morgan fingerprint density at radius 3 is 2.67 bits per heavy atom. The molecule has 0 bridgehead atoms. The zero-order valence-corrected chi connectivity index (χ0v) is 10.4. The maximum absolute atomic E-state index is 12.0. The first kappa shape index (κ1) is 12.4. The van der Waals surface area contributed by atoms with Crippen molar-refractivity contribution in [1.29, 1.82) is 0 Å². The number of benzene rings is 1. The molecule has 1 aromatic carbocycles. The van der Waals surface area contributed by atoms with Crippen molar-refractivity contribution in [1.82, 2.24) is 0 Å². The van der Waals surface area contributed by atoms with Gasteiger partial charge in [0.25, 0.3) is 5.91 Å². The number of nitrogens with zero attached hydrogens (tertiary/aromatic N) is 1. The third-order valence-corrected chi connectivity index (χ3v) is 2.90. The van der Waals surface area contributed by atoms with Gasteiger partial charge < -0.3 is 10.0 Å². The van der Waals surface area contributed by atoms with Gasteiger partial charge in [0.2, 0.25) is 0 Å². The largest absolute Gasteiger partial charge is 0.478 e. The number of carboxylic acid groups (broad SMARTS) is 1. The molecule has 1 aromatic rings. The van der Waals surface area contributed by atoms with Crippen molar-refractivity contribution >= 4 is 17.6 Å². The lowest BCUT2D eigenvalue weighted by molar-refractivity contribution is -0.114. The van der Waals surface area contributed by atoms with Crippen molar-refractivity contribution in [3.8, 4) is 0 Å². The van der Waals surface area contributed by atoms with Crippen LogP contribution in [0.25, 0.3) is 0 Å². The van der Waals surface area contributed by atoms with Gasteiger partial charge in [-0.1, -0.05) is 5.57 Å². The highest BCUT2D eigenvalue weighted by molar-refractivity contribution is 6.03. The predicted molar refractivity (Wildman–Crippen MR) is 68.9 cm³/mol. The van der Waals surface area contributed by atoms with Gasteiger partial charge in [0.1, 0.15) is 0 Å². The van der Waals surface area contributed by atoms with E-state index >= 15 is 0 Å². The van der Waals surface area contributed by atoms with E-state index in [9.17, 15) is 9.59 Å². The van der Waals surface area contributed by atoms with E-state index in [-0.39, 0.29) is 11.5 Å². The highest BCUT2D eigenvalue weighted by atomic mass is 16.4. The minimum Gasteiger partial charge on any atom is -0.478 e. The van der Waals surface area contributed by atoms with E-state index in [4.69, 9.17) is 5.11 Å². The Labute approximate surface area is 106 Å². The molecule has 1 aliphatic heterocycles. The molecule has 1 heterocycles. The summed E-state index contributed by atoms with van der Waals surface area (Å²) >= 11 is 0. The summed E-state index contributed by atoms with van der Waals surface area (Å²) in [6.07, 6.45) is 2.30. The summed E-state index contributed by atoms with van der Waals surface area (Å²) in [7, 11) is 0. The molecule has 0 radical (unpaired) electrons. The summed E-state index contributed by atoms with van der Waals surface area (Å²) in [6, 6.07) is 4.89. The highest BCUT2D eigenvalue weighted by Crippen LogP contribution is 2.29.